The first-order valence-corrected chi connectivity index (χ1v) is 11.6. The highest BCUT2D eigenvalue weighted by atomic mass is 32.1. The lowest BCUT2D eigenvalue weighted by atomic mass is 10.1. The van der Waals surface area contributed by atoms with Crippen molar-refractivity contribution >= 4 is 33.9 Å². The Hall–Kier alpha value is -3.10. The molecule has 7 nitrogen and oxygen atoms in total. The van der Waals surface area contributed by atoms with Crippen molar-refractivity contribution in [2.75, 3.05) is 32.2 Å². The Morgan fingerprint density at radius 3 is 2.70 bits per heavy atom. The summed E-state index contributed by atoms with van der Waals surface area (Å²) in [6.07, 6.45) is 2.10. The van der Waals surface area contributed by atoms with Crippen molar-refractivity contribution < 1.29 is 14.2 Å². The Bertz CT molecular complexity index is 1160. The topological polar surface area (TPSA) is 75.8 Å². The van der Waals surface area contributed by atoms with Crippen LogP contribution in [-0.4, -0.2) is 48.0 Å². The van der Waals surface area contributed by atoms with Crippen molar-refractivity contribution in [3.05, 3.63) is 64.4 Å². The summed E-state index contributed by atoms with van der Waals surface area (Å²) in [7, 11) is 1.63. The zero-order chi connectivity index (χ0) is 23.2. The Morgan fingerprint density at radius 2 is 2.00 bits per heavy atom. The summed E-state index contributed by atoms with van der Waals surface area (Å²) in [5, 5.41) is 4.74. The summed E-state index contributed by atoms with van der Waals surface area (Å²) < 4.78 is 16.7. The van der Waals surface area contributed by atoms with E-state index in [1.54, 1.807) is 7.11 Å². The number of nitrogens with one attached hydrogen (secondary N) is 2. The van der Waals surface area contributed by atoms with Crippen molar-refractivity contribution in [3.63, 3.8) is 0 Å². The maximum Gasteiger partial charge on any atom is 0.253 e. The molecule has 33 heavy (non-hydrogen) atoms. The summed E-state index contributed by atoms with van der Waals surface area (Å²) >= 11 is 5.74. The molecule has 1 saturated heterocycles. The molecule has 4 rings (SSSR count). The first-order chi connectivity index (χ1) is 16.1. The number of nitrogens with zero attached hydrogens (tertiary/aromatic N) is 1. The van der Waals surface area contributed by atoms with Gasteiger partial charge < -0.3 is 29.4 Å². The lowest BCUT2D eigenvalue weighted by Crippen LogP contribution is -2.40. The molecule has 1 aliphatic heterocycles. The minimum absolute atomic E-state index is 0.0877. The number of aromatic amines is 1. The van der Waals surface area contributed by atoms with Gasteiger partial charge in [-0.1, -0.05) is 0 Å². The Labute approximate surface area is 198 Å². The predicted molar refractivity (Wildman–Crippen MR) is 134 cm³/mol. The molecule has 1 atom stereocenters. The van der Waals surface area contributed by atoms with Crippen LogP contribution >= 0.6 is 12.2 Å². The fourth-order valence-electron chi connectivity index (χ4n) is 3.94. The quantitative estimate of drug-likeness (QED) is 0.478. The van der Waals surface area contributed by atoms with Crippen LogP contribution in [-0.2, 0) is 11.3 Å². The van der Waals surface area contributed by atoms with E-state index in [1.807, 2.05) is 60.4 Å². The Balaban J connectivity index is 1.58. The van der Waals surface area contributed by atoms with Crippen LogP contribution in [0.1, 0.15) is 25.3 Å². The van der Waals surface area contributed by atoms with Gasteiger partial charge in [-0.3, -0.25) is 4.79 Å². The van der Waals surface area contributed by atoms with Gasteiger partial charge in [0.1, 0.15) is 11.5 Å². The number of rotatable bonds is 8. The van der Waals surface area contributed by atoms with Gasteiger partial charge in [-0.2, -0.15) is 0 Å². The molecule has 0 unspecified atom stereocenters. The highest BCUT2D eigenvalue weighted by Gasteiger charge is 2.22. The first-order valence-electron chi connectivity index (χ1n) is 11.2. The maximum absolute atomic E-state index is 12.8. The molecule has 8 heteroatoms. The summed E-state index contributed by atoms with van der Waals surface area (Å²) in [5.74, 6) is 1.55. The van der Waals surface area contributed by atoms with Gasteiger partial charge in [0.2, 0.25) is 0 Å². The molecule has 1 aromatic heterocycles. The average Bonchev–Trinajstić information content (AvgIpc) is 3.33. The van der Waals surface area contributed by atoms with Crippen molar-refractivity contribution in [3.8, 4) is 11.5 Å². The molecule has 2 N–H and O–H groups in total. The van der Waals surface area contributed by atoms with Crippen LogP contribution in [0, 0.1) is 0 Å². The third kappa shape index (κ3) is 5.83. The SMILES string of the molecule is CCOc1ccc2[nH]c(=O)c(CN(C[C@@H]3CCCO3)C(=S)Nc3ccc(OC)cc3)cc2c1. The van der Waals surface area contributed by atoms with Crippen molar-refractivity contribution in [1.82, 2.24) is 9.88 Å². The number of ether oxygens (including phenoxy) is 3. The molecule has 1 fully saturated rings. The molecule has 2 aromatic carbocycles. The average molecular weight is 468 g/mol. The first kappa shape index (κ1) is 23.1. The zero-order valence-electron chi connectivity index (χ0n) is 18.9. The number of pyridine rings is 1. The number of methoxy groups -OCH3 is 1. The van der Waals surface area contributed by atoms with Crippen LogP contribution in [0.15, 0.2) is 53.3 Å². The van der Waals surface area contributed by atoms with Crippen LogP contribution in [0.2, 0.25) is 0 Å². The molecule has 0 amide bonds. The molecule has 0 radical (unpaired) electrons. The highest BCUT2D eigenvalue weighted by Crippen LogP contribution is 2.21. The normalized spacial score (nSPS) is 15.4. The number of H-pyrrole nitrogens is 1. The number of fused-ring (bicyclic) bond motifs is 1. The van der Waals surface area contributed by atoms with E-state index < -0.39 is 0 Å². The number of thiocarbonyl (C=S) groups is 1. The summed E-state index contributed by atoms with van der Waals surface area (Å²) in [6.45, 7) is 4.27. The number of benzene rings is 2. The lowest BCUT2D eigenvalue weighted by molar-refractivity contribution is 0.0904. The van der Waals surface area contributed by atoms with Crippen molar-refractivity contribution in [1.29, 1.82) is 0 Å². The molecule has 2 heterocycles. The van der Waals surface area contributed by atoms with E-state index in [4.69, 9.17) is 26.4 Å². The third-order valence-electron chi connectivity index (χ3n) is 5.64. The maximum atomic E-state index is 12.8. The van der Waals surface area contributed by atoms with Gasteiger partial charge in [0.05, 0.1) is 26.4 Å². The lowest BCUT2D eigenvalue weighted by Gasteiger charge is -2.28. The number of hydrogen-bond acceptors (Lipinski definition) is 5. The summed E-state index contributed by atoms with van der Waals surface area (Å²) in [6, 6.07) is 15.1. The van der Waals surface area contributed by atoms with E-state index in [0.717, 1.165) is 47.5 Å². The fourth-order valence-corrected chi connectivity index (χ4v) is 4.20. The smallest absolute Gasteiger partial charge is 0.253 e. The molecular formula is C25H29N3O4S. The van der Waals surface area contributed by atoms with Crippen LogP contribution in [0.3, 0.4) is 0 Å². The van der Waals surface area contributed by atoms with E-state index in [1.165, 1.54) is 0 Å². The van der Waals surface area contributed by atoms with Gasteiger partial charge in [0, 0.05) is 35.3 Å². The summed E-state index contributed by atoms with van der Waals surface area (Å²) in [5.41, 5.74) is 2.13. The molecule has 3 aromatic rings. The second-order valence-electron chi connectivity index (χ2n) is 7.98. The van der Waals surface area contributed by atoms with E-state index >= 15 is 0 Å². The molecule has 1 aliphatic rings. The molecular weight excluding hydrogens is 438 g/mol. The van der Waals surface area contributed by atoms with Crippen LogP contribution in [0.5, 0.6) is 11.5 Å². The van der Waals surface area contributed by atoms with E-state index in [0.29, 0.717) is 30.4 Å². The van der Waals surface area contributed by atoms with Crippen LogP contribution in [0.4, 0.5) is 5.69 Å². The van der Waals surface area contributed by atoms with Crippen molar-refractivity contribution in [2.45, 2.75) is 32.4 Å². The van der Waals surface area contributed by atoms with Gasteiger partial charge in [0.25, 0.3) is 5.56 Å². The molecule has 0 bridgehead atoms. The third-order valence-corrected chi connectivity index (χ3v) is 6.00. The predicted octanol–water partition coefficient (Wildman–Crippen LogP) is 4.31. The standard InChI is InChI=1S/C25H29N3O4S/c1-3-31-21-10-11-23-17(14-21)13-18(24(29)27-23)15-28(16-22-5-4-12-32-22)25(33)26-19-6-8-20(30-2)9-7-19/h6-11,13-14,22H,3-5,12,15-16H2,1-2H3,(H,26,33)(H,27,29)/t22-/m0/s1. The second kappa shape index (κ2) is 10.7. The van der Waals surface area contributed by atoms with Crippen LogP contribution in [0.25, 0.3) is 10.9 Å². The number of hydrogen-bond donors (Lipinski definition) is 2. The monoisotopic (exact) mass is 467 g/mol. The highest BCUT2D eigenvalue weighted by molar-refractivity contribution is 7.80. The van der Waals surface area contributed by atoms with Crippen molar-refractivity contribution in [2.24, 2.45) is 0 Å². The minimum atomic E-state index is -0.128. The van der Waals surface area contributed by atoms with E-state index in [-0.39, 0.29) is 11.7 Å². The van der Waals surface area contributed by atoms with Crippen LogP contribution < -0.4 is 20.3 Å². The minimum Gasteiger partial charge on any atom is -0.497 e. The van der Waals surface area contributed by atoms with E-state index in [2.05, 4.69) is 10.3 Å². The van der Waals surface area contributed by atoms with Gasteiger partial charge in [-0.25, -0.2) is 0 Å². The fraction of sp³-hybridized carbons (Fsp3) is 0.360. The Morgan fingerprint density at radius 1 is 1.21 bits per heavy atom. The van der Waals surface area contributed by atoms with Gasteiger partial charge >= 0.3 is 0 Å². The van der Waals surface area contributed by atoms with Gasteiger partial charge in [-0.05, 0) is 80.5 Å². The zero-order valence-corrected chi connectivity index (χ0v) is 19.7. The second-order valence-corrected chi connectivity index (χ2v) is 8.37. The molecule has 174 valence electrons. The molecule has 0 aliphatic carbocycles. The number of anilines is 1. The van der Waals surface area contributed by atoms with E-state index in [9.17, 15) is 4.79 Å². The Kier molecular flexibility index (Phi) is 7.47. The summed E-state index contributed by atoms with van der Waals surface area (Å²) in [4.78, 5) is 17.8. The largest absolute Gasteiger partial charge is 0.497 e. The van der Waals surface area contributed by atoms with Gasteiger partial charge in [-0.15, -0.1) is 0 Å². The molecule has 0 saturated carbocycles. The molecule has 0 spiro atoms. The number of aromatic nitrogens is 1. The van der Waals surface area contributed by atoms with Gasteiger partial charge in [0.15, 0.2) is 5.11 Å².